The Morgan fingerprint density at radius 3 is 2.56 bits per heavy atom. The molecular formula is C12H12ClF3O2. The fraction of sp³-hybridized carbons (Fsp3) is 0.417. The van der Waals surface area contributed by atoms with Gasteiger partial charge in [0, 0.05) is 18.6 Å². The van der Waals surface area contributed by atoms with E-state index in [2.05, 4.69) is 0 Å². The minimum Gasteiger partial charge on any atom is -0.373 e. The maximum absolute atomic E-state index is 11.8. The Balaban J connectivity index is 2.28. The van der Waals surface area contributed by atoms with Gasteiger partial charge in [0.1, 0.15) is 6.61 Å². The van der Waals surface area contributed by atoms with Crippen LogP contribution in [0, 0.1) is 0 Å². The molecule has 0 saturated carbocycles. The Bertz CT molecular complexity index is 405. The van der Waals surface area contributed by atoms with Crippen LogP contribution in [-0.4, -0.2) is 25.2 Å². The second-order valence-electron chi connectivity index (χ2n) is 3.67. The van der Waals surface area contributed by atoms with Gasteiger partial charge in [-0.05, 0) is 18.6 Å². The van der Waals surface area contributed by atoms with Crippen molar-refractivity contribution in [3.63, 3.8) is 0 Å². The summed E-state index contributed by atoms with van der Waals surface area (Å²) < 4.78 is 40.4. The van der Waals surface area contributed by atoms with Gasteiger partial charge >= 0.3 is 6.18 Å². The van der Waals surface area contributed by atoms with Gasteiger partial charge in [-0.2, -0.15) is 13.2 Å². The molecule has 0 unspecified atom stereocenters. The van der Waals surface area contributed by atoms with E-state index in [1.54, 1.807) is 24.3 Å². The third kappa shape index (κ3) is 5.51. The summed E-state index contributed by atoms with van der Waals surface area (Å²) in [5.41, 5.74) is 0.315. The highest BCUT2D eigenvalue weighted by atomic mass is 35.5. The molecule has 0 bridgehead atoms. The van der Waals surface area contributed by atoms with Crippen LogP contribution in [0.15, 0.2) is 24.3 Å². The summed E-state index contributed by atoms with van der Waals surface area (Å²) in [5, 5.41) is 0.307. The van der Waals surface area contributed by atoms with Gasteiger partial charge in [-0.3, -0.25) is 4.79 Å². The number of carbonyl (C=O) groups excluding carboxylic acids is 1. The molecule has 0 amide bonds. The summed E-state index contributed by atoms with van der Waals surface area (Å²) >= 11 is 5.79. The van der Waals surface area contributed by atoms with Crippen molar-refractivity contribution in [3.8, 4) is 0 Å². The van der Waals surface area contributed by atoms with Crippen LogP contribution in [0.25, 0.3) is 0 Å². The van der Waals surface area contributed by atoms with E-state index in [4.69, 9.17) is 16.3 Å². The van der Waals surface area contributed by atoms with E-state index >= 15 is 0 Å². The fourth-order valence-electron chi connectivity index (χ4n) is 1.30. The lowest BCUT2D eigenvalue weighted by atomic mass is 10.1. The van der Waals surface area contributed by atoms with Crippen molar-refractivity contribution in [1.82, 2.24) is 0 Å². The Morgan fingerprint density at radius 1 is 1.28 bits per heavy atom. The maximum Gasteiger partial charge on any atom is 0.389 e. The van der Waals surface area contributed by atoms with E-state index in [1.165, 1.54) is 0 Å². The zero-order valence-corrected chi connectivity index (χ0v) is 10.2. The van der Waals surface area contributed by atoms with E-state index in [0.717, 1.165) is 0 Å². The average Bonchev–Trinajstić information content (AvgIpc) is 2.27. The number of ether oxygens (including phenoxy) is 1. The quantitative estimate of drug-likeness (QED) is 0.584. The average molecular weight is 281 g/mol. The van der Waals surface area contributed by atoms with Crippen LogP contribution in [0.1, 0.15) is 23.2 Å². The molecular weight excluding hydrogens is 269 g/mol. The third-order valence-corrected chi connectivity index (χ3v) is 2.49. The number of alkyl halides is 3. The second kappa shape index (κ2) is 6.75. The number of hydrogen-bond donors (Lipinski definition) is 0. The largest absolute Gasteiger partial charge is 0.389 e. The highest BCUT2D eigenvalue weighted by Gasteiger charge is 2.26. The molecule has 0 heterocycles. The number of benzene rings is 1. The van der Waals surface area contributed by atoms with Gasteiger partial charge in [0.05, 0.1) is 5.02 Å². The highest BCUT2D eigenvalue weighted by Crippen LogP contribution is 2.21. The van der Waals surface area contributed by atoms with Gasteiger partial charge in [-0.15, -0.1) is 0 Å². The SMILES string of the molecule is O=C(COCCCC(F)(F)F)c1ccccc1Cl. The van der Waals surface area contributed by atoms with Crippen molar-refractivity contribution >= 4 is 17.4 Å². The Labute approximate surface area is 108 Å². The van der Waals surface area contributed by atoms with Crippen LogP contribution in [0.4, 0.5) is 13.2 Å². The summed E-state index contributed by atoms with van der Waals surface area (Å²) in [5.74, 6) is -0.340. The molecule has 2 nitrogen and oxygen atoms in total. The molecule has 6 heteroatoms. The first-order chi connectivity index (χ1) is 8.40. The van der Waals surface area contributed by atoms with Crippen LogP contribution in [-0.2, 0) is 4.74 Å². The maximum atomic E-state index is 11.8. The normalized spacial score (nSPS) is 11.6. The molecule has 100 valence electrons. The summed E-state index contributed by atoms with van der Waals surface area (Å²) in [6.45, 7) is -0.364. The molecule has 1 aromatic carbocycles. The molecule has 0 radical (unpaired) electrons. The molecule has 0 aliphatic carbocycles. The van der Waals surface area contributed by atoms with Gasteiger partial charge in [-0.1, -0.05) is 23.7 Å². The van der Waals surface area contributed by atoms with E-state index < -0.39 is 12.6 Å². The molecule has 0 spiro atoms. The van der Waals surface area contributed by atoms with Crippen LogP contribution < -0.4 is 0 Å². The lowest BCUT2D eigenvalue weighted by molar-refractivity contribution is -0.137. The van der Waals surface area contributed by atoms with Crippen LogP contribution in [0.5, 0.6) is 0 Å². The van der Waals surface area contributed by atoms with Crippen LogP contribution in [0.3, 0.4) is 0 Å². The summed E-state index contributed by atoms with van der Waals surface area (Å²) in [6, 6.07) is 6.45. The summed E-state index contributed by atoms with van der Waals surface area (Å²) in [4.78, 5) is 11.6. The summed E-state index contributed by atoms with van der Waals surface area (Å²) in [7, 11) is 0. The first kappa shape index (κ1) is 15.0. The van der Waals surface area contributed by atoms with Crippen LogP contribution >= 0.6 is 11.6 Å². The predicted molar refractivity (Wildman–Crippen MR) is 61.9 cm³/mol. The number of carbonyl (C=O) groups is 1. The van der Waals surface area contributed by atoms with Crippen molar-refractivity contribution in [2.45, 2.75) is 19.0 Å². The standard InChI is InChI=1S/C12H12ClF3O2/c13-10-5-2-1-4-9(10)11(17)8-18-7-3-6-12(14,15)16/h1-2,4-5H,3,6-8H2. The first-order valence-electron chi connectivity index (χ1n) is 5.32. The summed E-state index contributed by atoms with van der Waals surface area (Å²) in [6.07, 6.45) is -5.25. The van der Waals surface area contributed by atoms with Crippen molar-refractivity contribution in [2.75, 3.05) is 13.2 Å². The number of hydrogen-bond acceptors (Lipinski definition) is 2. The topological polar surface area (TPSA) is 26.3 Å². The Morgan fingerprint density at radius 2 is 1.94 bits per heavy atom. The van der Waals surface area contributed by atoms with Gasteiger partial charge in [0.15, 0.2) is 5.78 Å². The molecule has 1 rings (SSSR count). The van der Waals surface area contributed by atoms with Gasteiger partial charge in [0.25, 0.3) is 0 Å². The molecule has 0 aliphatic heterocycles. The Hall–Kier alpha value is -1.07. The molecule has 0 saturated heterocycles. The monoisotopic (exact) mass is 280 g/mol. The Kier molecular flexibility index (Phi) is 5.62. The van der Waals surface area contributed by atoms with Crippen LogP contribution in [0.2, 0.25) is 5.02 Å². The van der Waals surface area contributed by atoms with Gasteiger partial charge in [-0.25, -0.2) is 0 Å². The van der Waals surface area contributed by atoms with Gasteiger partial charge in [0.2, 0.25) is 0 Å². The van der Waals surface area contributed by atoms with Gasteiger partial charge < -0.3 is 4.74 Å². The van der Waals surface area contributed by atoms with Crippen molar-refractivity contribution in [3.05, 3.63) is 34.9 Å². The van der Waals surface area contributed by atoms with Crippen molar-refractivity contribution in [1.29, 1.82) is 0 Å². The molecule has 0 N–H and O–H groups in total. The second-order valence-corrected chi connectivity index (χ2v) is 4.08. The molecule has 0 aliphatic rings. The minimum atomic E-state index is -4.18. The zero-order valence-electron chi connectivity index (χ0n) is 9.47. The number of ketones is 1. The van der Waals surface area contributed by atoms with E-state index in [0.29, 0.717) is 10.6 Å². The predicted octanol–water partition coefficient (Wildman–Crippen LogP) is 3.88. The van der Waals surface area contributed by atoms with E-state index in [9.17, 15) is 18.0 Å². The zero-order chi connectivity index (χ0) is 13.6. The molecule has 0 aromatic heterocycles. The van der Waals surface area contributed by atoms with Crippen molar-refractivity contribution in [2.24, 2.45) is 0 Å². The lowest BCUT2D eigenvalue weighted by Crippen LogP contribution is -2.13. The van der Waals surface area contributed by atoms with Crippen molar-refractivity contribution < 1.29 is 22.7 Å². The third-order valence-electron chi connectivity index (χ3n) is 2.16. The molecule has 1 aromatic rings. The smallest absolute Gasteiger partial charge is 0.373 e. The lowest BCUT2D eigenvalue weighted by Gasteiger charge is -2.07. The van der Waals surface area contributed by atoms with E-state index in [-0.39, 0.29) is 25.4 Å². The number of Topliss-reactive ketones (excluding diaryl/α,β-unsaturated/α-hetero) is 1. The molecule has 0 atom stereocenters. The molecule has 0 fully saturated rings. The number of rotatable bonds is 6. The minimum absolute atomic E-state index is 0.101. The number of halogens is 4. The first-order valence-corrected chi connectivity index (χ1v) is 5.70. The fourth-order valence-corrected chi connectivity index (χ4v) is 1.55. The van der Waals surface area contributed by atoms with E-state index in [1.807, 2.05) is 0 Å². The highest BCUT2D eigenvalue weighted by molar-refractivity contribution is 6.34. The molecule has 18 heavy (non-hydrogen) atoms.